The van der Waals surface area contributed by atoms with Crippen molar-refractivity contribution in [2.45, 2.75) is 51.3 Å². The van der Waals surface area contributed by atoms with Crippen LogP contribution in [0.2, 0.25) is 5.15 Å². The first kappa shape index (κ1) is 22.1. The first-order chi connectivity index (χ1) is 15.6. The Kier molecular flexibility index (Phi) is 7.22. The summed E-state index contributed by atoms with van der Waals surface area (Å²) in [5.74, 6) is -0.337. The van der Waals surface area contributed by atoms with E-state index in [0.29, 0.717) is 11.3 Å². The normalized spacial score (nSPS) is 14.2. The Bertz CT molecular complexity index is 1110. The first-order valence-corrected chi connectivity index (χ1v) is 11.3. The fourth-order valence-corrected chi connectivity index (χ4v) is 4.30. The quantitative estimate of drug-likeness (QED) is 0.509. The number of carbonyl (C=O) groups is 1. The van der Waals surface area contributed by atoms with Crippen molar-refractivity contribution in [2.24, 2.45) is 0 Å². The molecular formula is C25H26ClN3O3. The number of hydrogen-bond acceptors (Lipinski definition) is 5. The lowest BCUT2D eigenvalue weighted by atomic mass is 9.95. The topological polar surface area (TPSA) is 73.2 Å². The zero-order valence-electron chi connectivity index (χ0n) is 17.8. The van der Waals surface area contributed by atoms with Crippen molar-refractivity contribution in [3.05, 3.63) is 81.7 Å². The van der Waals surface area contributed by atoms with Gasteiger partial charge < -0.3 is 10.1 Å². The zero-order valence-corrected chi connectivity index (χ0v) is 18.6. The largest absolute Gasteiger partial charge is 0.459 e. The second-order valence-corrected chi connectivity index (χ2v) is 8.34. The monoisotopic (exact) mass is 451 g/mol. The lowest BCUT2D eigenvalue weighted by molar-refractivity contribution is -0.145. The molecule has 32 heavy (non-hydrogen) atoms. The summed E-state index contributed by atoms with van der Waals surface area (Å²) in [5.41, 5.74) is 1.62. The van der Waals surface area contributed by atoms with Gasteiger partial charge in [-0.3, -0.25) is 14.2 Å². The van der Waals surface area contributed by atoms with Crippen LogP contribution in [0.5, 0.6) is 0 Å². The molecule has 1 aliphatic carbocycles. The first-order valence-electron chi connectivity index (χ1n) is 10.9. The van der Waals surface area contributed by atoms with E-state index in [4.69, 9.17) is 16.3 Å². The van der Waals surface area contributed by atoms with Gasteiger partial charge in [0.2, 0.25) is 0 Å². The number of carbonyl (C=O) groups excluding carboxylic acids is 1. The Hall–Kier alpha value is -3.12. The molecule has 166 valence electrons. The average Bonchev–Trinajstić information content (AvgIpc) is 2.83. The van der Waals surface area contributed by atoms with E-state index < -0.39 is 5.97 Å². The van der Waals surface area contributed by atoms with Gasteiger partial charge >= 0.3 is 5.97 Å². The minimum Gasteiger partial charge on any atom is -0.459 e. The molecule has 1 N–H and O–H groups in total. The van der Waals surface area contributed by atoms with Crippen molar-refractivity contribution in [1.82, 2.24) is 9.55 Å². The Morgan fingerprint density at radius 1 is 1.03 bits per heavy atom. The van der Waals surface area contributed by atoms with Crippen molar-refractivity contribution < 1.29 is 9.53 Å². The van der Waals surface area contributed by atoms with Gasteiger partial charge in [0.25, 0.3) is 5.56 Å². The highest BCUT2D eigenvalue weighted by Crippen LogP contribution is 2.27. The molecule has 0 aliphatic heterocycles. The molecule has 0 spiro atoms. The van der Waals surface area contributed by atoms with E-state index in [1.165, 1.54) is 11.0 Å². The molecule has 1 fully saturated rings. The van der Waals surface area contributed by atoms with Gasteiger partial charge in [0.1, 0.15) is 13.2 Å². The second kappa shape index (κ2) is 10.5. The Balaban J connectivity index is 1.63. The number of hydrogen-bond donors (Lipinski definition) is 1. The molecule has 6 nitrogen and oxygen atoms in total. The minimum absolute atomic E-state index is 0.140. The average molecular weight is 452 g/mol. The van der Waals surface area contributed by atoms with Gasteiger partial charge in [0.15, 0.2) is 11.0 Å². The molecule has 0 saturated heterocycles. The van der Waals surface area contributed by atoms with E-state index in [0.717, 1.165) is 31.2 Å². The molecule has 4 rings (SSSR count). The van der Waals surface area contributed by atoms with Crippen LogP contribution in [0, 0.1) is 0 Å². The van der Waals surface area contributed by atoms with Crippen LogP contribution in [0.1, 0.15) is 37.7 Å². The highest BCUT2D eigenvalue weighted by Gasteiger charge is 2.22. The van der Waals surface area contributed by atoms with E-state index >= 15 is 0 Å². The van der Waals surface area contributed by atoms with Crippen molar-refractivity contribution >= 4 is 23.4 Å². The van der Waals surface area contributed by atoms with Crippen LogP contribution in [0.3, 0.4) is 0 Å². The number of benzene rings is 2. The number of nitrogens with one attached hydrogen (secondary N) is 1. The Morgan fingerprint density at radius 2 is 1.69 bits per heavy atom. The summed E-state index contributed by atoms with van der Waals surface area (Å²) in [5, 5.41) is 3.43. The van der Waals surface area contributed by atoms with Crippen LogP contribution in [0.15, 0.2) is 65.5 Å². The summed E-state index contributed by atoms with van der Waals surface area (Å²) in [7, 11) is 0. The Labute approximate surface area is 192 Å². The summed E-state index contributed by atoms with van der Waals surface area (Å²) < 4.78 is 6.79. The molecule has 0 bridgehead atoms. The van der Waals surface area contributed by atoms with Crippen LogP contribution >= 0.6 is 11.6 Å². The van der Waals surface area contributed by atoms with Gasteiger partial charge in [-0.05, 0) is 18.4 Å². The summed E-state index contributed by atoms with van der Waals surface area (Å²) in [6.07, 6.45) is 5.41. The number of halogens is 1. The lowest BCUT2D eigenvalue weighted by Crippen LogP contribution is -2.33. The maximum Gasteiger partial charge on any atom is 0.326 e. The fraction of sp³-hybridized carbons (Fsp3) is 0.320. The summed E-state index contributed by atoms with van der Waals surface area (Å²) in [4.78, 5) is 30.4. The second-order valence-electron chi connectivity index (χ2n) is 7.98. The number of aromatic nitrogens is 2. The van der Waals surface area contributed by atoms with Crippen LogP contribution < -0.4 is 10.9 Å². The molecule has 7 heteroatoms. The van der Waals surface area contributed by atoms with Crippen molar-refractivity contribution in [1.29, 1.82) is 0 Å². The van der Waals surface area contributed by atoms with Crippen LogP contribution in [-0.2, 0) is 22.7 Å². The molecule has 1 heterocycles. The molecule has 1 aliphatic rings. The fourth-order valence-electron chi connectivity index (χ4n) is 4.01. The third-order valence-corrected chi connectivity index (χ3v) is 5.91. The van der Waals surface area contributed by atoms with Crippen molar-refractivity contribution in [3.8, 4) is 11.3 Å². The summed E-state index contributed by atoms with van der Waals surface area (Å²) in [6, 6.07) is 18.8. The van der Waals surface area contributed by atoms with E-state index in [1.54, 1.807) is 0 Å². The predicted molar refractivity (Wildman–Crippen MR) is 126 cm³/mol. The highest BCUT2D eigenvalue weighted by atomic mass is 35.5. The molecule has 0 atom stereocenters. The van der Waals surface area contributed by atoms with Gasteiger partial charge in [-0.2, -0.15) is 0 Å². The number of ether oxygens (including phenoxy) is 1. The molecule has 0 amide bonds. The molecule has 0 radical (unpaired) electrons. The SMILES string of the molecule is O=C(Cn1c(-c2ccccc2)c(Cl)nc(NC2CCCCC2)c1=O)OCc1ccccc1. The maximum absolute atomic E-state index is 13.4. The van der Waals surface area contributed by atoms with Crippen LogP contribution in [-0.4, -0.2) is 21.6 Å². The predicted octanol–water partition coefficient (Wildman–Crippen LogP) is 5.05. The van der Waals surface area contributed by atoms with Gasteiger partial charge in [-0.25, -0.2) is 4.98 Å². The number of anilines is 1. The van der Waals surface area contributed by atoms with Gasteiger partial charge in [-0.1, -0.05) is 91.5 Å². The molecule has 1 saturated carbocycles. The lowest BCUT2D eigenvalue weighted by Gasteiger charge is -2.24. The van der Waals surface area contributed by atoms with Crippen molar-refractivity contribution in [3.63, 3.8) is 0 Å². The van der Waals surface area contributed by atoms with E-state index in [-0.39, 0.29) is 35.7 Å². The molecule has 3 aromatic rings. The summed E-state index contributed by atoms with van der Waals surface area (Å²) >= 11 is 6.55. The molecule has 1 aromatic heterocycles. The van der Waals surface area contributed by atoms with Crippen LogP contribution in [0.25, 0.3) is 11.3 Å². The van der Waals surface area contributed by atoms with Crippen LogP contribution in [0.4, 0.5) is 5.82 Å². The molecular weight excluding hydrogens is 426 g/mol. The van der Waals surface area contributed by atoms with Gasteiger partial charge in [0.05, 0.1) is 5.69 Å². The number of esters is 1. The third-order valence-electron chi connectivity index (χ3n) is 5.65. The molecule has 0 unspecified atom stereocenters. The van der Waals surface area contributed by atoms with Gasteiger partial charge in [-0.15, -0.1) is 0 Å². The standard InChI is InChI=1S/C25H26ClN3O3/c26-23-22(19-12-6-2-7-13-19)29(16-21(30)32-17-18-10-4-1-5-11-18)25(31)24(28-23)27-20-14-8-3-9-15-20/h1-2,4-7,10-13,20H,3,8-9,14-17H2,(H,27,28). The zero-order chi connectivity index (χ0) is 22.3. The Morgan fingerprint density at radius 3 is 2.38 bits per heavy atom. The minimum atomic E-state index is -0.515. The number of nitrogens with zero attached hydrogens (tertiary/aromatic N) is 2. The van der Waals surface area contributed by atoms with E-state index in [1.807, 2.05) is 60.7 Å². The number of rotatable bonds is 7. The third kappa shape index (κ3) is 5.37. The smallest absolute Gasteiger partial charge is 0.326 e. The highest BCUT2D eigenvalue weighted by molar-refractivity contribution is 6.32. The molecule has 2 aromatic carbocycles. The maximum atomic E-state index is 13.4. The summed E-state index contributed by atoms with van der Waals surface area (Å²) in [6.45, 7) is -0.113. The van der Waals surface area contributed by atoms with E-state index in [2.05, 4.69) is 10.3 Å². The van der Waals surface area contributed by atoms with Gasteiger partial charge in [0, 0.05) is 11.6 Å². The van der Waals surface area contributed by atoms with E-state index in [9.17, 15) is 9.59 Å². The van der Waals surface area contributed by atoms with Crippen molar-refractivity contribution in [2.75, 3.05) is 5.32 Å².